The zero-order chi connectivity index (χ0) is 15.4. The van der Waals surface area contributed by atoms with Gasteiger partial charge in [0, 0.05) is 24.7 Å². The van der Waals surface area contributed by atoms with Crippen LogP contribution in [0.25, 0.3) is 0 Å². The summed E-state index contributed by atoms with van der Waals surface area (Å²) < 4.78 is 22.0. The predicted octanol–water partition coefficient (Wildman–Crippen LogP) is 1.04. The van der Waals surface area contributed by atoms with Crippen LogP contribution in [0.1, 0.15) is 11.6 Å². The fourth-order valence-corrected chi connectivity index (χ4v) is 2.78. The van der Waals surface area contributed by atoms with E-state index < -0.39 is 0 Å². The Kier molecular flexibility index (Phi) is 5.27. The number of nitrogens with two attached hydrogens (primary N) is 1. The van der Waals surface area contributed by atoms with Crippen LogP contribution in [0.15, 0.2) is 12.1 Å². The number of benzene rings is 1. The molecule has 0 bridgehead atoms. The lowest BCUT2D eigenvalue weighted by atomic mass is 9.97. The maximum Gasteiger partial charge on any atom is 0.164 e. The van der Waals surface area contributed by atoms with Crippen molar-refractivity contribution in [2.75, 3.05) is 48.1 Å². The first-order valence-corrected chi connectivity index (χ1v) is 6.98. The Labute approximate surface area is 125 Å². The van der Waals surface area contributed by atoms with Crippen LogP contribution >= 0.6 is 0 Å². The number of rotatable bonds is 5. The van der Waals surface area contributed by atoms with Gasteiger partial charge in [0.05, 0.1) is 40.1 Å². The van der Waals surface area contributed by atoms with Gasteiger partial charge < -0.3 is 24.7 Å². The van der Waals surface area contributed by atoms with Crippen molar-refractivity contribution < 1.29 is 18.9 Å². The number of likely N-dealkylation sites (N-methyl/N-ethyl adjacent to an activating group) is 1. The molecule has 0 radical (unpaired) electrons. The Balaban J connectivity index is 2.49. The zero-order valence-corrected chi connectivity index (χ0v) is 13.1. The van der Waals surface area contributed by atoms with Crippen LogP contribution in [-0.2, 0) is 4.74 Å². The molecule has 6 nitrogen and oxygen atoms in total. The van der Waals surface area contributed by atoms with Crippen LogP contribution < -0.4 is 19.9 Å². The first-order valence-electron chi connectivity index (χ1n) is 6.98. The van der Waals surface area contributed by atoms with Crippen molar-refractivity contribution in [3.8, 4) is 17.2 Å². The molecule has 1 aliphatic rings. The maximum absolute atomic E-state index is 5.86. The summed E-state index contributed by atoms with van der Waals surface area (Å²) in [6, 6.07) is 3.80. The summed E-state index contributed by atoms with van der Waals surface area (Å²) in [5, 5.41) is 0. The topological polar surface area (TPSA) is 66.2 Å². The SMILES string of the molecule is COc1cc(OC)c(C2C(CN)OCCN2C)cc1OC. The van der Waals surface area contributed by atoms with Gasteiger partial charge in [-0.15, -0.1) is 0 Å². The first-order chi connectivity index (χ1) is 10.2. The number of hydrogen-bond acceptors (Lipinski definition) is 6. The van der Waals surface area contributed by atoms with E-state index in [1.165, 1.54) is 0 Å². The molecule has 118 valence electrons. The predicted molar refractivity (Wildman–Crippen MR) is 80.3 cm³/mol. The van der Waals surface area contributed by atoms with Gasteiger partial charge in [-0.1, -0.05) is 0 Å². The van der Waals surface area contributed by atoms with Crippen molar-refractivity contribution in [3.63, 3.8) is 0 Å². The molecule has 2 N–H and O–H groups in total. The van der Waals surface area contributed by atoms with Crippen LogP contribution in [0.4, 0.5) is 0 Å². The van der Waals surface area contributed by atoms with E-state index in [4.69, 9.17) is 24.7 Å². The Morgan fingerprint density at radius 1 is 1.14 bits per heavy atom. The molecule has 21 heavy (non-hydrogen) atoms. The van der Waals surface area contributed by atoms with E-state index in [0.29, 0.717) is 24.7 Å². The Morgan fingerprint density at radius 2 is 1.76 bits per heavy atom. The molecule has 1 aromatic rings. The molecular weight excluding hydrogens is 272 g/mol. The number of hydrogen-bond donors (Lipinski definition) is 1. The third kappa shape index (κ3) is 3.07. The zero-order valence-electron chi connectivity index (χ0n) is 13.1. The third-order valence-corrected chi connectivity index (χ3v) is 3.89. The van der Waals surface area contributed by atoms with Gasteiger partial charge >= 0.3 is 0 Å². The van der Waals surface area contributed by atoms with Gasteiger partial charge in [-0.25, -0.2) is 0 Å². The molecule has 0 aliphatic carbocycles. The van der Waals surface area contributed by atoms with E-state index in [0.717, 1.165) is 17.9 Å². The smallest absolute Gasteiger partial charge is 0.164 e. The van der Waals surface area contributed by atoms with E-state index in [1.54, 1.807) is 21.3 Å². The van der Waals surface area contributed by atoms with Crippen molar-refractivity contribution in [3.05, 3.63) is 17.7 Å². The molecule has 2 unspecified atom stereocenters. The Hall–Kier alpha value is -1.50. The molecule has 2 rings (SSSR count). The summed E-state index contributed by atoms with van der Waals surface area (Å²) in [6.45, 7) is 1.98. The standard InChI is InChI=1S/C15H24N2O4/c1-17-5-6-21-14(9-16)15(17)10-7-12(19-3)13(20-4)8-11(10)18-2/h7-8,14-15H,5-6,9,16H2,1-4H3. The number of nitrogens with zero attached hydrogens (tertiary/aromatic N) is 1. The number of morpholine rings is 1. The van der Waals surface area contributed by atoms with Crippen LogP contribution in [0.3, 0.4) is 0 Å². The largest absolute Gasteiger partial charge is 0.496 e. The van der Waals surface area contributed by atoms with Gasteiger partial charge in [0.2, 0.25) is 0 Å². The Morgan fingerprint density at radius 3 is 2.33 bits per heavy atom. The fraction of sp³-hybridized carbons (Fsp3) is 0.600. The van der Waals surface area contributed by atoms with Crippen molar-refractivity contribution in [1.82, 2.24) is 4.90 Å². The van der Waals surface area contributed by atoms with E-state index >= 15 is 0 Å². The van der Waals surface area contributed by atoms with E-state index in [-0.39, 0.29) is 12.1 Å². The molecule has 1 fully saturated rings. The van der Waals surface area contributed by atoms with Crippen molar-refractivity contribution >= 4 is 0 Å². The van der Waals surface area contributed by atoms with Crippen molar-refractivity contribution in [1.29, 1.82) is 0 Å². The summed E-state index contributed by atoms with van der Waals surface area (Å²) in [5.74, 6) is 2.05. The second-order valence-corrected chi connectivity index (χ2v) is 5.02. The number of methoxy groups -OCH3 is 3. The van der Waals surface area contributed by atoms with Gasteiger partial charge in [-0.3, -0.25) is 4.90 Å². The molecule has 1 saturated heterocycles. The molecule has 1 aromatic carbocycles. The summed E-state index contributed by atoms with van der Waals surface area (Å²) >= 11 is 0. The molecule has 0 spiro atoms. The van der Waals surface area contributed by atoms with E-state index in [1.807, 2.05) is 12.1 Å². The molecular formula is C15H24N2O4. The summed E-state index contributed by atoms with van der Waals surface area (Å²) in [7, 11) is 6.93. The molecule has 0 amide bonds. The van der Waals surface area contributed by atoms with E-state index in [9.17, 15) is 0 Å². The fourth-order valence-electron chi connectivity index (χ4n) is 2.78. The minimum absolute atomic E-state index is 0.0264. The van der Waals surface area contributed by atoms with Gasteiger partial charge in [-0.05, 0) is 13.1 Å². The molecule has 2 atom stereocenters. The maximum atomic E-state index is 5.86. The van der Waals surface area contributed by atoms with Crippen LogP contribution in [0.5, 0.6) is 17.2 Å². The number of ether oxygens (including phenoxy) is 4. The lowest BCUT2D eigenvalue weighted by Gasteiger charge is -2.39. The highest BCUT2D eigenvalue weighted by Gasteiger charge is 2.33. The first kappa shape index (κ1) is 15.9. The van der Waals surface area contributed by atoms with E-state index in [2.05, 4.69) is 11.9 Å². The minimum atomic E-state index is -0.0734. The molecule has 6 heteroatoms. The average Bonchev–Trinajstić information content (AvgIpc) is 2.53. The molecule has 0 aromatic heterocycles. The van der Waals surface area contributed by atoms with Crippen molar-refractivity contribution in [2.24, 2.45) is 5.73 Å². The van der Waals surface area contributed by atoms with Gasteiger partial charge in [0.25, 0.3) is 0 Å². The summed E-state index contributed by atoms with van der Waals surface area (Å²) in [6.07, 6.45) is -0.0734. The highest BCUT2D eigenvalue weighted by molar-refractivity contribution is 5.52. The lowest BCUT2D eigenvalue weighted by Crippen LogP contribution is -2.46. The van der Waals surface area contributed by atoms with Gasteiger partial charge in [0.1, 0.15) is 5.75 Å². The Bertz CT molecular complexity index is 481. The molecule has 1 aliphatic heterocycles. The van der Waals surface area contributed by atoms with Crippen LogP contribution in [0.2, 0.25) is 0 Å². The highest BCUT2D eigenvalue weighted by atomic mass is 16.5. The van der Waals surface area contributed by atoms with Gasteiger partial charge in [0.15, 0.2) is 11.5 Å². The minimum Gasteiger partial charge on any atom is -0.496 e. The van der Waals surface area contributed by atoms with Crippen molar-refractivity contribution in [2.45, 2.75) is 12.1 Å². The molecule has 1 heterocycles. The second-order valence-electron chi connectivity index (χ2n) is 5.02. The quantitative estimate of drug-likeness (QED) is 0.876. The third-order valence-electron chi connectivity index (χ3n) is 3.89. The monoisotopic (exact) mass is 296 g/mol. The summed E-state index contributed by atoms with van der Waals surface area (Å²) in [4.78, 5) is 2.23. The summed E-state index contributed by atoms with van der Waals surface area (Å²) in [5.41, 5.74) is 6.86. The van der Waals surface area contributed by atoms with Gasteiger partial charge in [-0.2, -0.15) is 0 Å². The average molecular weight is 296 g/mol. The highest BCUT2D eigenvalue weighted by Crippen LogP contribution is 2.41. The second kappa shape index (κ2) is 6.98. The van der Waals surface area contributed by atoms with Crippen LogP contribution in [0, 0.1) is 0 Å². The normalized spacial score (nSPS) is 22.9. The lowest BCUT2D eigenvalue weighted by molar-refractivity contribution is -0.0582. The van der Waals surface area contributed by atoms with Crippen LogP contribution in [-0.4, -0.2) is 59.1 Å². The molecule has 0 saturated carbocycles.